The first kappa shape index (κ1) is 16.6. The van der Waals surface area contributed by atoms with Crippen molar-refractivity contribution in [1.29, 1.82) is 0 Å². The second kappa shape index (κ2) is 7.36. The maximum atomic E-state index is 11.0. The fourth-order valence-electron chi connectivity index (χ4n) is 1.69. The summed E-state index contributed by atoms with van der Waals surface area (Å²) in [5, 5.41) is 0.713. The highest BCUT2D eigenvalue weighted by atomic mass is 35.7. The van der Waals surface area contributed by atoms with Crippen LogP contribution in [0.4, 0.5) is 0 Å². The van der Waals surface area contributed by atoms with Crippen molar-refractivity contribution in [3.05, 3.63) is 28.8 Å². The SMILES string of the molecule is CCc1cc(OCC(CC)CS(=O)(=O)Cl)ccc1Cl. The van der Waals surface area contributed by atoms with Gasteiger partial charge < -0.3 is 4.74 Å². The van der Waals surface area contributed by atoms with Crippen LogP contribution < -0.4 is 4.74 Å². The topological polar surface area (TPSA) is 43.4 Å². The highest BCUT2D eigenvalue weighted by Gasteiger charge is 2.16. The van der Waals surface area contributed by atoms with Crippen molar-refractivity contribution in [1.82, 2.24) is 0 Å². The van der Waals surface area contributed by atoms with E-state index in [0.29, 0.717) is 23.8 Å². The Morgan fingerprint density at radius 2 is 2.00 bits per heavy atom. The Hall–Kier alpha value is -0.450. The Morgan fingerprint density at radius 3 is 2.53 bits per heavy atom. The van der Waals surface area contributed by atoms with Crippen LogP contribution in [0.5, 0.6) is 5.75 Å². The maximum Gasteiger partial charge on any atom is 0.232 e. The summed E-state index contributed by atoms with van der Waals surface area (Å²) in [6.07, 6.45) is 1.52. The van der Waals surface area contributed by atoms with E-state index in [1.807, 2.05) is 19.9 Å². The zero-order chi connectivity index (χ0) is 14.5. The molecule has 0 N–H and O–H groups in total. The van der Waals surface area contributed by atoms with E-state index in [0.717, 1.165) is 12.0 Å². The number of ether oxygens (including phenoxy) is 1. The third-order valence-electron chi connectivity index (χ3n) is 2.90. The van der Waals surface area contributed by atoms with Gasteiger partial charge in [0, 0.05) is 21.6 Å². The fraction of sp³-hybridized carbons (Fsp3) is 0.538. The Labute approximate surface area is 124 Å². The highest BCUT2D eigenvalue weighted by molar-refractivity contribution is 8.13. The summed E-state index contributed by atoms with van der Waals surface area (Å²) >= 11 is 6.02. The predicted molar refractivity (Wildman–Crippen MR) is 79.7 cm³/mol. The Kier molecular flexibility index (Phi) is 6.43. The van der Waals surface area contributed by atoms with Gasteiger partial charge in [-0.3, -0.25) is 0 Å². The number of hydrogen-bond acceptors (Lipinski definition) is 3. The predicted octanol–water partition coefficient (Wildman–Crippen LogP) is 3.88. The highest BCUT2D eigenvalue weighted by Crippen LogP contribution is 2.23. The normalized spacial score (nSPS) is 13.3. The lowest BCUT2D eigenvalue weighted by Crippen LogP contribution is -2.19. The zero-order valence-electron chi connectivity index (χ0n) is 11.0. The van der Waals surface area contributed by atoms with Gasteiger partial charge >= 0.3 is 0 Å². The lowest BCUT2D eigenvalue weighted by molar-refractivity contribution is 0.258. The average Bonchev–Trinajstić information content (AvgIpc) is 2.34. The molecule has 1 aromatic carbocycles. The standard InChI is InChI=1S/C13H18Cl2O3S/c1-3-10(9-19(15,16)17)8-18-12-5-6-13(14)11(4-2)7-12/h5-7,10H,3-4,8-9H2,1-2H3. The minimum atomic E-state index is -3.49. The molecule has 6 heteroatoms. The molecule has 0 aliphatic rings. The molecule has 0 spiro atoms. The Bertz CT molecular complexity index is 515. The van der Waals surface area contributed by atoms with Gasteiger partial charge in [-0.2, -0.15) is 0 Å². The number of aryl methyl sites for hydroxylation is 1. The van der Waals surface area contributed by atoms with Crippen molar-refractivity contribution in [2.24, 2.45) is 5.92 Å². The lowest BCUT2D eigenvalue weighted by atomic mass is 10.1. The molecule has 1 rings (SSSR count). The summed E-state index contributed by atoms with van der Waals surface area (Å²) in [7, 11) is 1.77. The second-order valence-electron chi connectivity index (χ2n) is 4.40. The Morgan fingerprint density at radius 1 is 1.32 bits per heavy atom. The molecule has 0 aromatic heterocycles. The van der Waals surface area contributed by atoms with Crippen LogP contribution in [0, 0.1) is 5.92 Å². The van der Waals surface area contributed by atoms with Gasteiger partial charge in [0.15, 0.2) is 0 Å². The van der Waals surface area contributed by atoms with Crippen molar-refractivity contribution in [2.75, 3.05) is 12.4 Å². The molecule has 0 fully saturated rings. The van der Waals surface area contributed by atoms with Crippen molar-refractivity contribution in [2.45, 2.75) is 26.7 Å². The smallest absolute Gasteiger partial charge is 0.232 e. The summed E-state index contributed by atoms with van der Waals surface area (Å²) in [4.78, 5) is 0. The molecule has 0 bridgehead atoms. The molecule has 0 heterocycles. The van der Waals surface area contributed by atoms with Gasteiger partial charge in [-0.1, -0.05) is 25.4 Å². The molecule has 0 amide bonds. The Balaban J connectivity index is 2.65. The molecule has 108 valence electrons. The minimum Gasteiger partial charge on any atom is -0.493 e. The first-order valence-electron chi connectivity index (χ1n) is 6.19. The van der Waals surface area contributed by atoms with E-state index < -0.39 is 9.05 Å². The van der Waals surface area contributed by atoms with Crippen LogP contribution >= 0.6 is 22.3 Å². The lowest BCUT2D eigenvalue weighted by Gasteiger charge is -2.15. The van der Waals surface area contributed by atoms with Crippen molar-refractivity contribution in [3.63, 3.8) is 0 Å². The van der Waals surface area contributed by atoms with Crippen LogP contribution in [0.25, 0.3) is 0 Å². The number of rotatable bonds is 7. The summed E-state index contributed by atoms with van der Waals surface area (Å²) in [5.41, 5.74) is 1.01. The van der Waals surface area contributed by atoms with E-state index in [1.165, 1.54) is 0 Å². The van der Waals surface area contributed by atoms with Gasteiger partial charge in [0.2, 0.25) is 9.05 Å². The van der Waals surface area contributed by atoms with Crippen molar-refractivity contribution < 1.29 is 13.2 Å². The van der Waals surface area contributed by atoms with Crippen LogP contribution in [-0.4, -0.2) is 20.8 Å². The first-order valence-corrected chi connectivity index (χ1v) is 9.05. The molecule has 0 aliphatic carbocycles. The molecular weight excluding hydrogens is 307 g/mol. The minimum absolute atomic E-state index is 0.0702. The molecule has 0 aliphatic heterocycles. The van der Waals surface area contributed by atoms with Crippen LogP contribution in [0.15, 0.2) is 18.2 Å². The summed E-state index contributed by atoms with van der Waals surface area (Å²) in [6, 6.07) is 5.45. The molecule has 0 radical (unpaired) electrons. The average molecular weight is 325 g/mol. The fourth-order valence-corrected chi connectivity index (χ4v) is 3.37. The largest absolute Gasteiger partial charge is 0.493 e. The van der Waals surface area contributed by atoms with Crippen LogP contribution in [-0.2, 0) is 15.5 Å². The van der Waals surface area contributed by atoms with Gasteiger partial charge in [0.1, 0.15) is 5.75 Å². The maximum absolute atomic E-state index is 11.0. The monoisotopic (exact) mass is 324 g/mol. The molecule has 1 aromatic rings. The van der Waals surface area contributed by atoms with E-state index in [2.05, 4.69) is 0 Å². The van der Waals surface area contributed by atoms with E-state index >= 15 is 0 Å². The number of halogens is 2. The summed E-state index contributed by atoms with van der Waals surface area (Å²) in [6.45, 7) is 4.25. The molecule has 1 atom stereocenters. The molecule has 0 saturated heterocycles. The quantitative estimate of drug-likeness (QED) is 0.715. The molecule has 3 nitrogen and oxygen atoms in total. The van der Waals surface area contributed by atoms with Crippen molar-refractivity contribution in [3.8, 4) is 5.75 Å². The number of benzene rings is 1. The van der Waals surface area contributed by atoms with Gasteiger partial charge in [-0.05, 0) is 36.6 Å². The van der Waals surface area contributed by atoms with Crippen LogP contribution in [0.3, 0.4) is 0 Å². The third kappa shape index (κ3) is 6.02. The number of hydrogen-bond donors (Lipinski definition) is 0. The summed E-state index contributed by atoms with van der Waals surface area (Å²) in [5.74, 6) is 0.522. The molecule has 0 saturated carbocycles. The van der Waals surface area contributed by atoms with E-state index in [1.54, 1.807) is 12.1 Å². The van der Waals surface area contributed by atoms with Gasteiger partial charge in [-0.25, -0.2) is 8.42 Å². The molecular formula is C13H18Cl2O3S. The van der Waals surface area contributed by atoms with E-state index in [-0.39, 0.29) is 11.7 Å². The van der Waals surface area contributed by atoms with Crippen LogP contribution in [0.2, 0.25) is 5.02 Å². The van der Waals surface area contributed by atoms with Crippen molar-refractivity contribution >= 4 is 31.3 Å². The first-order chi connectivity index (χ1) is 8.85. The van der Waals surface area contributed by atoms with E-state index in [4.69, 9.17) is 27.0 Å². The van der Waals surface area contributed by atoms with Gasteiger partial charge in [0.25, 0.3) is 0 Å². The van der Waals surface area contributed by atoms with Gasteiger partial charge in [0.05, 0.1) is 12.4 Å². The summed E-state index contributed by atoms with van der Waals surface area (Å²) < 4.78 is 27.7. The third-order valence-corrected chi connectivity index (χ3v) is 4.51. The van der Waals surface area contributed by atoms with Gasteiger partial charge in [-0.15, -0.1) is 0 Å². The zero-order valence-corrected chi connectivity index (χ0v) is 13.4. The molecule has 19 heavy (non-hydrogen) atoms. The van der Waals surface area contributed by atoms with E-state index in [9.17, 15) is 8.42 Å². The van der Waals surface area contributed by atoms with Crippen LogP contribution in [0.1, 0.15) is 25.8 Å². The second-order valence-corrected chi connectivity index (χ2v) is 7.63. The molecule has 1 unspecified atom stereocenters.